The van der Waals surface area contributed by atoms with Gasteiger partial charge in [0.05, 0.1) is 6.54 Å². The van der Waals surface area contributed by atoms with Crippen molar-refractivity contribution in [2.24, 2.45) is 5.92 Å². The Morgan fingerprint density at radius 1 is 1.41 bits per heavy atom. The van der Waals surface area contributed by atoms with Gasteiger partial charge in [-0.1, -0.05) is 19.0 Å². The minimum atomic E-state index is 0.288. The van der Waals surface area contributed by atoms with E-state index < -0.39 is 0 Å². The van der Waals surface area contributed by atoms with Crippen LogP contribution in [0.2, 0.25) is 0 Å². The highest BCUT2D eigenvalue weighted by atomic mass is 16.5. The second-order valence-corrected chi connectivity index (χ2v) is 5.11. The summed E-state index contributed by atoms with van der Waals surface area (Å²) in [6.07, 6.45) is 2.12. The molecule has 0 aromatic carbocycles. The van der Waals surface area contributed by atoms with Gasteiger partial charge in [-0.15, -0.1) is 0 Å². The first-order chi connectivity index (χ1) is 8.19. The minimum absolute atomic E-state index is 0.288. The molecule has 0 saturated carbocycles. The van der Waals surface area contributed by atoms with Crippen molar-refractivity contribution in [3.05, 3.63) is 11.7 Å². The van der Waals surface area contributed by atoms with Crippen molar-refractivity contribution in [3.8, 4) is 0 Å². The van der Waals surface area contributed by atoms with Crippen molar-refractivity contribution < 1.29 is 9.63 Å². The van der Waals surface area contributed by atoms with Gasteiger partial charge < -0.3 is 9.63 Å². The molecule has 2 heterocycles. The highest BCUT2D eigenvalue weighted by Crippen LogP contribution is 2.18. The molecular formula is C12H21N3O2. The Hall–Kier alpha value is -0.940. The fourth-order valence-corrected chi connectivity index (χ4v) is 2.09. The van der Waals surface area contributed by atoms with Gasteiger partial charge in [0, 0.05) is 12.5 Å². The highest BCUT2D eigenvalue weighted by molar-refractivity contribution is 4.91. The molecule has 0 atom stereocenters. The normalized spacial score (nSPS) is 19.1. The molecule has 0 radical (unpaired) electrons. The summed E-state index contributed by atoms with van der Waals surface area (Å²) >= 11 is 0. The quantitative estimate of drug-likeness (QED) is 0.860. The van der Waals surface area contributed by atoms with Crippen LogP contribution in [0.1, 0.15) is 44.3 Å². The second-order valence-electron chi connectivity index (χ2n) is 5.11. The number of hydrogen-bond acceptors (Lipinski definition) is 5. The lowest BCUT2D eigenvalue weighted by Gasteiger charge is -2.29. The van der Waals surface area contributed by atoms with E-state index in [4.69, 9.17) is 9.63 Å². The fraction of sp³-hybridized carbons (Fsp3) is 0.833. The number of aliphatic hydroxyl groups is 1. The van der Waals surface area contributed by atoms with E-state index in [0.717, 1.165) is 38.3 Å². The number of likely N-dealkylation sites (tertiary alicyclic amines) is 1. The lowest BCUT2D eigenvalue weighted by atomic mass is 9.98. The highest BCUT2D eigenvalue weighted by Gasteiger charge is 2.20. The molecule has 2 rings (SSSR count). The number of rotatable bonds is 4. The van der Waals surface area contributed by atoms with Crippen LogP contribution in [-0.2, 0) is 6.54 Å². The van der Waals surface area contributed by atoms with Crippen LogP contribution < -0.4 is 0 Å². The van der Waals surface area contributed by atoms with Crippen molar-refractivity contribution in [1.82, 2.24) is 15.0 Å². The standard InChI is InChI=1S/C12H21N3O2/c1-9(2)12-13-11(14-17-12)7-15-5-3-10(8-16)4-6-15/h9-10,16H,3-8H2,1-2H3. The van der Waals surface area contributed by atoms with Gasteiger partial charge in [0.15, 0.2) is 5.82 Å². The van der Waals surface area contributed by atoms with E-state index in [1.165, 1.54) is 0 Å². The Morgan fingerprint density at radius 2 is 2.12 bits per heavy atom. The van der Waals surface area contributed by atoms with Crippen molar-refractivity contribution in [3.63, 3.8) is 0 Å². The lowest BCUT2D eigenvalue weighted by Crippen LogP contribution is -2.34. The first-order valence-electron chi connectivity index (χ1n) is 6.34. The van der Waals surface area contributed by atoms with Crippen LogP contribution in [0.3, 0.4) is 0 Å². The van der Waals surface area contributed by atoms with E-state index in [0.29, 0.717) is 18.4 Å². The summed E-state index contributed by atoms with van der Waals surface area (Å²) in [4.78, 5) is 6.69. The molecule has 0 unspecified atom stereocenters. The predicted molar refractivity (Wildman–Crippen MR) is 63.5 cm³/mol. The second kappa shape index (κ2) is 5.60. The summed E-state index contributed by atoms with van der Waals surface area (Å²) in [5.41, 5.74) is 0. The van der Waals surface area contributed by atoms with Gasteiger partial charge in [-0.25, -0.2) is 0 Å². The molecule has 0 spiro atoms. The van der Waals surface area contributed by atoms with Gasteiger partial charge >= 0.3 is 0 Å². The van der Waals surface area contributed by atoms with E-state index in [1.807, 2.05) is 13.8 Å². The zero-order chi connectivity index (χ0) is 12.3. The fourth-order valence-electron chi connectivity index (χ4n) is 2.09. The van der Waals surface area contributed by atoms with Crippen LogP contribution in [0.4, 0.5) is 0 Å². The van der Waals surface area contributed by atoms with E-state index in [1.54, 1.807) is 0 Å². The number of aliphatic hydroxyl groups excluding tert-OH is 1. The molecule has 1 aromatic heterocycles. The van der Waals surface area contributed by atoms with Crippen LogP contribution in [0.25, 0.3) is 0 Å². The van der Waals surface area contributed by atoms with Gasteiger partial charge in [0.1, 0.15) is 0 Å². The Morgan fingerprint density at radius 3 is 2.65 bits per heavy atom. The average molecular weight is 239 g/mol. The molecular weight excluding hydrogens is 218 g/mol. The molecule has 1 aliphatic rings. The smallest absolute Gasteiger partial charge is 0.229 e. The minimum Gasteiger partial charge on any atom is -0.396 e. The van der Waals surface area contributed by atoms with Gasteiger partial charge in [-0.05, 0) is 31.8 Å². The predicted octanol–water partition coefficient (Wildman–Crippen LogP) is 1.40. The number of piperidine rings is 1. The van der Waals surface area contributed by atoms with Crippen LogP contribution in [-0.4, -0.2) is 39.8 Å². The Bertz CT molecular complexity index is 343. The van der Waals surface area contributed by atoms with Crippen molar-refractivity contribution in [2.45, 2.75) is 39.2 Å². The first kappa shape index (κ1) is 12.5. The topological polar surface area (TPSA) is 62.4 Å². The van der Waals surface area contributed by atoms with Crippen molar-refractivity contribution in [2.75, 3.05) is 19.7 Å². The molecule has 0 aliphatic carbocycles. The molecule has 1 aliphatic heterocycles. The zero-order valence-corrected chi connectivity index (χ0v) is 10.6. The Labute approximate surface area is 102 Å². The summed E-state index contributed by atoms with van der Waals surface area (Å²) in [5.74, 6) is 2.25. The van der Waals surface area contributed by atoms with Crippen LogP contribution in [0.15, 0.2) is 4.52 Å². The van der Waals surface area contributed by atoms with Crippen molar-refractivity contribution >= 4 is 0 Å². The van der Waals surface area contributed by atoms with Crippen LogP contribution in [0.5, 0.6) is 0 Å². The Balaban J connectivity index is 1.84. The number of hydrogen-bond donors (Lipinski definition) is 1. The molecule has 0 amide bonds. The third kappa shape index (κ3) is 3.26. The average Bonchev–Trinajstić information content (AvgIpc) is 2.79. The summed E-state index contributed by atoms with van der Waals surface area (Å²) in [6.45, 7) is 7.18. The summed E-state index contributed by atoms with van der Waals surface area (Å²) < 4.78 is 5.18. The SMILES string of the molecule is CC(C)c1nc(CN2CCC(CO)CC2)no1. The number of aromatic nitrogens is 2. The molecule has 17 heavy (non-hydrogen) atoms. The lowest BCUT2D eigenvalue weighted by molar-refractivity contribution is 0.125. The maximum atomic E-state index is 9.07. The molecule has 5 nitrogen and oxygen atoms in total. The maximum absolute atomic E-state index is 9.07. The van der Waals surface area contributed by atoms with E-state index in [2.05, 4.69) is 15.0 Å². The van der Waals surface area contributed by atoms with E-state index in [-0.39, 0.29) is 5.92 Å². The largest absolute Gasteiger partial charge is 0.396 e. The van der Waals surface area contributed by atoms with Crippen molar-refractivity contribution in [1.29, 1.82) is 0 Å². The summed E-state index contributed by atoms with van der Waals surface area (Å²) in [5, 5.41) is 13.1. The monoisotopic (exact) mass is 239 g/mol. The van der Waals surface area contributed by atoms with Gasteiger partial charge in [0.25, 0.3) is 0 Å². The van der Waals surface area contributed by atoms with Gasteiger partial charge in [0.2, 0.25) is 5.89 Å². The van der Waals surface area contributed by atoms with Gasteiger partial charge in [-0.2, -0.15) is 4.98 Å². The summed E-state index contributed by atoms with van der Waals surface area (Å²) in [7, 11) is 0. The maximum Gasteiger partial charge on any atom is 0.229 e. The third-order valence-corrected chi connectivity index (χ3v) is 3.31. The van der Waals surface area contributed by atoms with E-state index >= 15 is 0 Å². The molecule has 5 heteroatoms. The van der Waals surface area contributed by atoms with Crippen LogP contribution >= 0.6 is 0 Å². The molecule has 1 N–H and O–H groups in total. The first-order valence-corrected chi connectivity index (χ1v) is 6.34. The number of nitrogens with zero attached hydrogens (tertiary/aromatic N) is 3. The zero-order valence-electron chi connectivity index (χ0n) is 10.6. The molecule has 0 bridgehead atoms. The third-order valence-electron chi connectivity index (χ3n) is 3.31. The van der Waals surface area contributed by atoms with Crippen LogP contribution in [0, 0.1) is 5.92 Å². The molecule has 1 saturated heterocycles. The Kier molecular flexibility index (Phi) is 4.12. The van der Waals surface area contributed by atoms with Gasteiger partial charge in [-0.3, -0.25) is 4.90 Å². The van der Waals surface area contributed by atoms with E-state index in [9.17, 15) is 0 Å². The summed E-state index contributed by atoms with van der Waals surface area (Å²) in [6, 6.07) is 0. The molecule has 1 fully saturated rings. The molecule has 1 aromatic rings. The molecule has 96 valence electrons.